The lowest BCUT2D eigenvalue weighted by Gasteiger charge is -2.30. The van der Waals surface area contributed by atoms with Crippen LogP contribution >= 0.6 is 0 Å². The molecule has 2 N–H and O–H groups in total. The molecule has 1 amide bonds. The second-order valence-electron chi connectivity index (χ2n) is 4.68. The molecule has 0 unspecified atom stereocenters. The Kier molecular flexibility index (Phi) is 6.04. The number of unbranched alkanes of at least 4 members (excludes halogenated alkanes) is 1. The van der Waals surface area contributed by atoms with Crippen molar-refractivity contribution in [3.63, 3.8) is 0 Å². The SMILES string of the molecule is CS(=O)(=O)N1CCC(NC(=O)CCCCO)CC1. The van der Waals surface area contributed by atoms with E-state index in [9.17, 15) is 13.2 Å². The van der Waals surface area contributed by atoms with Crippen molar-refractivity contribution in [3.05, 3.63) is 0 Å². The van der Waals surface area contributed by atoms with Crippen molar-refractivity contribution in [2.75, 3.05) is 26.0 Å². The molecule has 1 fully saturated rings. The number of hydrogen-bond acceptors (Lipinski definition) is 4. The first-order valence-electron chi connectivity index (χ1n) is 6.29. The zero-order valence-electron chi connectivity index (χ0n) is 10.8. The van der Waals surface area contributed by atoms with E-state index < -0.39 is 10.0 Å². The topological polar surface area (TPSA) is 86.7 Å². The van der Waals surface area contributed by atoms with E-state index in [1.54, 1.807) is 0 Å². The van der Waals surface area contributed by atoms with Gasteiger partial charge in [0.1, 0.15) is 0 Å². The van der Waals surface area contributed by atoms with Crippen molar-refractivity contribution < 1.29 is 18.3 Å². The standard InChI is InChI=1S/C11H22N2O4S/c1-18(16,17)13-7-5-10(6-8-13)12-11(15)4-2-3-9-14/h10,14H,2-9H2,1H3,(H,12,15). The molecule has 6 nitrogen and oxygen atoms in total. The Labute approximate surface area is 108 Å². The molecule has 106 valence electrons. The summed E-state index contributed by atoms with van der Waals surface area (Å²) < 4.78 is 24.1. The molecule has 1 rings (SSSR count). The fraction of sp³-hybridized carbons (Fsp3) is 0.909. The number of nitrogens with one attached hydrogen (secondary N) is 1. The second-order valence-corrected chi connectivity index (χ2v) is 6.67. The summed E-state index contributed by atoms with van der Waals surface area (Å²) in [5, 5.41) is 11.5. The van der Waals surface area contributed by atoms with Crippen LogP contribution in [0.2, 0.25) is 0 Å². The number of nitrogens with zero attached hydrogens (tertiary/aromatic N) is 1. The van der Waals surface area contributed by atoms with Crippen molar-refractivity contribution >= 4 is 15.9 Å². The van der Waals surface area contributed by atoms with E-state index in [0.717, 1.165) is 0 Å². The van der Waals surface area contributed by atoms with Crippen LogP contribution < -0.4 is 5.32 Å². The molecule has 0 bridgehead atoms. The summed E-state index contributed by atoms with van der Waals surface area (Å²) in [6.07, 6.45) is 4.29. The van der Waals surface area contributed by atoms with Crippen LogP contribution in [0.4, 0.5) is 0 Å². The minimum atomic E-state index is -3.10. The third-order valence-electron chi connectivity index (χ3n) is 3.10. The van der Waals surface area contributed by atoms with Gasteiger partial charge < -0.3 is 10.4 Å². The molecular formula is C11H22N2O4S. The van der Waals surface area contributed by atoms with Gasteiger partial charge in [-0.3, -0.25) is 4.79 Å². The highest BCUT2D eigenvalue weighted by Crippen LogP contribution is 2.13. The highest BCUT2D eigenvalue weighted by molar-refractivity contribution is 7.88. The van der Waals surface area contributed by atoms with E-state index in [2.05, 4.69) is 5.32 Å². The largest absolute Gasteiger partial charge is 0.396 e. The van der Waals surface area contributed by atoms with Crippen molar-refractivity contribution in [3.8, 4) is 0 Å². The maximum atomic E-state index is 11.5. The zero-order chi connectivity index (χ0) is 13.6. The fourth-order valence-electron chi connectivity index (χ4n) is 2.03. The Balaban J connectivity index is 2.25. The Bertz CT molecular complexity index is 361. The van der Waals surface area contributed by atoms with Crippen LogP contribution in [-0.4, -0.2) is 55.7 Å². The van der Waals surface area contributed by atoms with E-state index in [-0.39, 0.29) is 18.6 Å². The Morgan fingerprint density at radius 2 is 1.94 bits per heavy atom. The molecule has 7 heteroatoms. The number of aliphatic hydroxyl groups excluding tert-OH is 1. The molecule has 0 saturated carbocycles. The molecule has 1 aliphatic heterocycles. The molecule has 0 aromatic rings. The summed E-state index contributed by atoms with van der Waals surface area (Å²) >= 11 is 0. The fourth-order valence-corrected chi connectivity index (χ4v) is 2.90. The van der Waals surface area contributed by atoms with Gasteiger partial charge >= 0.3 is 0 Å². The van der Waals surface area contributed by atoms with Gasteiger partial charge in [0.2, 0.25) is 15.9 Å². The van der Waals surface area contributed by atoms with Crippen molar-refractivity contribution in [2.45, 2.75) is 38.1 Å². The van der Waals surface area contributed by atoms with Crippen LogP contribution in [0.3, 0.4) is 0 Å². The lowest BCUT2D eigenvalue weighted by Crippen LogP contribution is -2.46. The van der Waals surface area contributed by atoms with Crippen molar-refractivity contribution in [1.29, 1.82) is 0 Å². The summed E-state index contributed by atoms with van der Waals surface area (Å²) in [7, 11) is -3.10. The van der Waals surface area contributed by atoms with Gasteiger partial charge in [-0.1, -0.05) is 0 Å². The summed E-state index contributed by atoms with van der Waals surface area (Å²) in [5.74, 6) is -0.0127. The average Bonchev–Trinajstić information content (AvgIpc) is 2.29. The average molecular weight is 278 g/mol. The second kappa shape index (κ2) is 7.06. The molecule has 0 atom stereocenters. The lowest BCUT2D eigenvalue weighted by atomic mass is 10.1. The maximum Gasteiger partial charge on any atom is 0.220 e. The smallest absolute Gasteiger partial charge is 0.220 e. The summed E-state index contributed by atoms with van der Waals surface area (Å²) in [4.78, 5) is 11.5. The third-order valence-corrected chi connectivity index (χ3v) is 4.40. The maximum absolute atomic E-state index is 11.5. The predicted octanol–water partition coefficient (Wildman–Crippen LogP) is -0.311. The number of rotatable bonds is 6. The van der Waals surface area contributed by atoms with E-state index in [1.807, 2.05) is 0 Å². The number of aliphatic hydroxyl groups is 1. The Hall–Kier alpha value is -0.660. The minimum absolute atomic E-state index is 0.0127. The molecule has 0 aromatic heterocycles. The molecular weight excluding hydrogens is 256 g/mol. The molecule has 18 heavy (non-hydrogen) atoms. The minimum Gasteiger partial charge on any atom is -0.396 e. The van der Waals surface area contributed by atoms with Crippen LogP contribution in [0.5, 0.6) is 0 Å². The molecule has 0 aliphatic carbocycles. The van der Waals surface area contributed by atoms with Gasteiger partial charge in [-0.25, -0.2) is 12.7 Å². The highest BCUT2D eigenvalue weighted by atomic mass is 32.2. The number of amides is 1. The van der Waals surface area contributed by atoms with Gasteiger partial charge in [0.15, 0.2) is 0 Å². The molecule has 1 saturated heterocycles. The summed E-state index contributed by atoms with van der Waals surface area (Å²) in [6.45, 7) is 1.06. The molecule has 1 heterocycles. The normalized spacial score (nSPS) is 18.8. The van der Waals surface area contributed by atoms with Gasteiger partial charge in [-0.15, -0.1) is 0 Å². The van der Waals surface area contributed by atoms with Gasteiger partial charge in [0.05, 0.1) is 6.26 Å². The van der Waals surface area contributed by atoms with E-state index >= 15 is 0 Å². The van der Waals surface area contributed by atoms with Crippen LogP contribution in [-0.2, 0) is 14.8 Å². The van der Waals surface area contributed by atoms with E-state index in [4.69, 9.17) is 5.11 Å². The van der Waals surface area contributed by atoms with Crippen molar-refractivity contribution in [2.24, 2.45) is 0 Å². The first-order chi connectivity index (χ1) is 8.43. The third kappa shape index (κ3) is 5.32. The number of sulfonamides is 1. The first-order valence-corrected chi connectivity index (χ1v) is 8.13. The monoisotopic (exact) mass is 278 g/mol. The summed E-state index contributed by atoms with van der Waals surface area (Å²) in [6, 6.07) is 0.0737. The first kappa shape index (κ1) is 15.4. The van der Waals surface area contributed by atoms with E-state index in [0.29, 0.717) is 45.2 Å². The van der Waals surface area contributed by atoms with Crippen molar-refractivity contribution in [1.82, 2.24) is 9.62 Å². The van der Waals surface area contributed by atoms with Gasteiger partial charge in [-0.2, -0.15) is 0 Å². The number of piperidine rings is 1. The van der Waals surface area contributed by atoms with Gasteiger partial charge in [0, 0.05) is 32.2 Å². The van der Waals surface area contributed by atoms with Crippen LogP contribution in [0, 0.1) is 0 Å². The van der Waals surface area contributed by atoms with Gasteiger partial charge in [0.25, 0.3) is 0 Å². The quantitative estimate of drug-likeness (QED) is 0.653. The highest BCUT2D eigenvalue weighted by Gasteiger charge is 2.25. The van der Waals surface area contributed by atoms with Crippen LogP contribution in [0.1, 0.15) is 32.1 Å². The molecule has 0 aromatic carbocycles. The van der Waals surface area contributed by atoms with Crippen LogP contribution in [0.25, 0.3) is 0 Å². The Morgan fingerprint density at radius 1 is 1.33 bits per heavy atom. The molecule has 1 aliphatic rings. The van der Waals surface area contributed by atoms with E-state index in [1.165, 1.54) is 10.6 Å². The lowest BCUT2D eigenvalue weighted by molar-refractivity contribution is -0.122. The summed E-state index contributed by atoms with van der Waals surface area (Å²) in [5.41, 5.74) is 0. The predicted molar refractivity (Wildman–Crippen MR) is 68.5 cm³/mol. The zero-order valence-corrected chi connectivity index (χ0v) is 11.6. The molecule has 0 spiro atoms. The Morgan fingerprint density at radius 3 is 2.44 bits per heavy atom. The van der Waals surface area contributed by atoms with Gasteiger partial charge in [-0.05, 0) is 25.7 Å². The number of hydrogen-bond donors (Lipinski definition) is 2. The number of carbonyl (C=O) groups excluding carboxylic acids is 1. The molecule has 0 radical (unpaired) electrons. The number of carbonyl (C=O) groups is 1. The van der Waals surface area contributed by atoms with Crippen LogP contribution in [0.15, 0.2) is 0 Å².